The standard InChI is InChI=1S/C21H18ClF2N5O3S/c1-9-16(22)10(2)29(28-9)6-5-14(30)27-17-15-11(13-4-3-7-32-13)8-12(19(23)24)26-21(15)33-18(17)20(25)31/h3-4,7-8,19H,5-6H2,1-2H3,(H2,25,31)(H,27,30). The van der Waals surface area contributed by atoms with Gasteiger partial charge in [-0.1, -0.05) is 11.6 Å². The predicted octanol–water partition coefficient (Wildman–Crippen LogP) is 5.09. The molecular weight excluding hydrogens is 476 g/mol. The summed E-state index contributed by atoms with van der Waals surface area (Å²) < 4.78 is 33.9. The summed E-state index contributed by atoms with van der Waals surface area (Å²) in [4.78, 5) is 29.0. The molecule has 0 bridgehead atoms. The average molecular weight is 494 g/mol. The number of fused-ring (bicyclic) bond motifs is 1. The second-order valence-corrected chi connectivity index (χ2v) is 8.61. The van der Waals surface area contributed by atoms with Gasteiger partial charge in [0, 0.05) is 17.4 Å². The Bertz CT molecular complexity index is 1360. The van der Waals surface area contributed by atoms with Crippen molar-refractivity contribution in [2.24, 2.45) is 5.73 Å². The van der Waals surface area contributed by atoms with Gasteiger partial charge in [0.15, 0.2) is 0 Å². The van der Waals surface area contributed by atoms with Crippen molar-refractivity contribution in [1.82, 2.24) is 14.8 Å². The lowest BCUT2D eigenvalue weighted by Gasteiger charge is -2.10. The van der Waals surface area contributed by atoms with Crippen LogP contribution in [0.3, 0.4) is 0 Å². The fourth-order valence-electron chi connectivity index (χ4n) is 3.45. The fraction of sp³-hybridized carbons (Fsp3) is 0.238. The number of hydrogen-bond donors (Lipinski definition) is 2. The summed E-state index contributed by atoms with van der Waals surface area (Å²) in [6.07, 6.45) is -1.43. The summed E-state index contributed by atoms with van der Waals surface area (Å²) in [5, 5.41) is 7.82. The lowest BCUT2D eigenvalue weighted by molar-refractivity contribution is -0.116. The quantitative estimate of drug-likeness (QED) is 0.372. The van der Waals surface area contributed by atoms with Gasteiger partial charge in [-0.2, -0.15) is 5.10 Å². The Morgan fingerprint density at radius 1 is 1.36 bits per heavy atom. The van der Waals surface area contributed by atoms with Crippen LogP contribution in [0.1, 0.15) is 39.6 Å². The highest BCUT2D eigenvalue weighted by Gasteiger charge is 2.25. The van der Waals surface area contributed by atoms with Gasteiger partial charge in [-0.15, -0.1) is 11.3 Å². The van der Waals surface area contributed by atoms with Crippen LogP contribution in [0.4, 0.5) is 14.5 Å². The molecule has 0 aliphatic carbocycles. The number of furan rings is 1. The van der Waals surface area contributed by atoms with Crippen molar-refractivity contribution in [1.29, 1.82) is 0 Å². The van der Waals surface area contributed by atoms with E-state index in [1.54, 1.807) is 30.7 Å². The topological polar surface area (TPSA) is 116 Å². The van der Waals surface area contributed by atoms with E-state index in [4.69, 9.17) is 21.8 Å². The molecule has 0 atom stereocenters. The third-order valence-electron chi connectivity index (χ3n) is 5.02. The Morgan fingerprint density at radius 2 is 2.12 bits per heavy atom. The predicted molar refractivity (Wildman–Crippen MR) is 121 cm³/mol. The van der Waals surface area contributed by atoms with Gasteiger partial charge in [-0.3, -0.25) is 14.3 Å². The van der Waals surface area contributed by atoms with Gasteiger partial charge >= 0.3 is 0 Å². The third kappa shape index (κ3) is 4.33. The van der Waals surface area contributed by atoms with Gasteiger partial charge in [-0.25, -0.2) is 13.8 Å². The number of carbonyl (C=O) groups excluding carboxylic acids is 2. The zero-order valence-corrected chi connectivity index (χ0v) is 19.1. The number of carbonyl (C=O) groups is 2. The van der Waals surface area contributed by atoms with Crippen LogP contribution in [-0.4, -0.2) is 26.6 Å². The SMILES string of the molecule is Cc1nn(CCC(=O)Nc2c(C(N)=O)sc3nc(C(F)F)cc(-c4ccco4)c23)c(C)c1Cl. The molecule has 0 radical (unpaired) electrons. The maximum Gasteiger partial charge on any atom is 0.280 e. The van der Waals surface area contributed by atoms with Crippen molar-refractivity contribution in [3.05, 3.63) is 51.4 Å². The first-order valence-electron chi connectivity index (χ1n) is 9.76. The van der Waals surface area contributed by atoms with E-state index in [0.29, 0.717) is 16.1 Å². The highest BCUT2D eigenvalue weighted by atomic mass is 35.5. The van der Waals surface area contributed by atoms with Gasteiger partial charge in [0.2, 0.25) is 5.91 Å². The normalized spacial score (nSPS) is 11.5. The number of aromatic nitrogens is 3. The molecule has 8 nitrogen and oxygen atoms in total. The summed E-state index contributed by atoms with van der Waals surface area (Å²) in [5.41, 5.74) is 6.79. The lowest BCUT2D eigenvalue weighted by atomic mass is 10.1. The number of thiophene rings is 1. The number of rotatable bonds is 7. The van der Waals surface area contributed by atoms with Crippen LogP contribution in [0.15, 0.2) is 28.9 Å². The van der Waals surface area contributed by atoms with E-state index in [1.807, 2.05) is 0 Å². The Morgan fingerprint density at radius 3 is 2.70 bits per heavy atom. The largest absolute Gasteiger partial charge is 0.464 e. The minimum Gasteiger partial charge on any atom is -0.464 e. The van der Waals surface area contributed by atoms with Crippen molar-refractivity contribution in [3.8, 4) is 11.3 Å². The zero-order valence-electron chi connectivity index (χ0n) is 17.5. The number of primary amides is 1. The number of pyridine rings is 1. The molecule has 4 aromatic rings. The van der Waals surface area contributed by atoms with Crippen LogP contribution in [0.25, 0.3) is 21.5 Å². The van der Waals surface area contributed by atoms with Crippen LogP contribution in [0.2, 0.25) is 5.02 Å². The van der Waals surface area contributed by atoms with Crippen molar-refractivity contribution in [2.45, 2.75) is 33.2 Å². The molecule has 2 amide bonds. The summed E-state index contributed by atoms with van der Waals surface area (Å²) >= 11 is 6.98. The molecule has 0 aliphatic heterocycles. The molecular formula is C21H18ClF2N5O3S. The maximum atomic E-state index is 13.4. The van der Waals surface area contributed by atoms with Crippen LogP contribution in [-0.2, 0) is 11.3 Å². The first-order valence-corrected chi connectivity index (χ1v) is 11.0. The minimum atomic E-state index is -2.84. The summed E-state index contributed by atoms with van der Waals surface area (Å²) in [6, 6.07) is 4.36. The van der Waals surface area contributed by atoms with E-state index < -0.39 is 23.9 Å². The molecule has 4 aromatic heterocycles. The number of amides is 2. The van der Waals surface area contributed by atoms with Gasteiger partial charge < -0.3 is 15.5 Å². The second kappa shape index (κ2) is 8.91. The molecule has 4 rings (SSSR count). The molecule has 0 aromatic carbocycles. The molecule has 0 fully saturated rings. The van der Waals surface area contributed by atoms with Crippen molar-refractivity contribution in [2.75, 3.05) is 5.32 Å². The molecule has 33 heavy (non-hydrogen) atoms. The van der Waals surface area contributed by atoms with Crippen LogP contribution < -0.4 is 11.1 Å². The second-order valence-electron chi connectivity index (χ2n) is 7.23. The lowest BCUT2D eigenvalue weighted by Crippen LogP contribution is -2.18. The fourth-order valence-corrected chi connectivity index (χ4v) is 4.60. The smallest absolute Gasteiger partial charge is 0.280 e. The molecule has 0 unspecified atom stereocenters. The maximum absolute atomic E-state index is 13.4. The van der Waals surface area contributed by atoms with Crippen LogP contribution in [0.5, 0.6) is 0 Å². The van der Waals surface area contributed by atoms with Gasteiger partial charge in [-0.05, 0) is 32.0 Å². The number of nitrogens with zero attached hydrogens (tertiary/aromatic N) is 3. The summed E-state index contributed by atoms with van der Waals surface area (Å²) in [7, 11) is 0. The zero-order chi connectivity index (χ0) is 23.9. The minimum absolute atomic E-state index is 0.000712. The highest BCUT2D eigenvalue weighted by molar-refractivity contribution is 7.21. The number of anilines is 1. The van der Waals surface area contributed by atoms with E-state index in [-0.39, 0.29) is 39.7 Å². The number of alkyl halides is 2. The Hall–Kier alpha value is -3.31. The molecule has 0 saturated carbocycles. The molecule has 172 valence electrons. The number of halogens is 3. The molecule has 3 N–H and O–H groups in total. The van der Waals surface area contributed by atoms with Gasteiger partial charge in [0.05, 0.1) is 34.9 Å². The Kier molecular flexibility index (Phi) is 6.17. The van der Waals surface area contributed by atoms with E-state index in [9.17, 15) is 18.4 Å². The van der Waals surface area contributed by atoms with Crippen molar-refractivity contribution < 1.29 is 22.8 Å². The summed E-state index contributed by atoms with van der Waals surface area (Å²) in [6.45, 7) is 3.80. The van der Waals surface area contributed by atoms with E-state index >= 15 is 0 Å². The van der Waals surface area contributed by atoms with E-state index in [0.717, 1.165) is 17.0 Å². The van der Waals surface area contributed by atoms with E-state index in [2.05, 4.69) is 15.4 Å². The number of hydrogen-bond acceptors (Lipinski definition) is 6. The number of aryl methyl sites for hydroxylation is 2. The molecule has 12 heteroatoms. The van der Waals surface area contributed by atoms with Gasteiger partial charge in [0.25, 0.3) is 12.3 Å². The van der Waals surface area contributed by atoms with E-state index in [1.165, 1.54) is 12.3 Å². The summed E-state index contributed by atoms with van der Waals surface area (Å²) in [5.74, 6) is -0.960. The first kappa shape index (κ1) is 22.9. The average Bonchev–Trinajstić information content (AvgIpc) is 3.48. The van der Waals surface area contributed by atoms with Crippen molar-refractivity contribution in [3.63, 3.8) is 0 Å². The first-order chi connectivity index (χ1) is 15.7. The number of nitrogens with two attached hydrogens (primary N) is 1. The van der Waals surface area contributed by atoms with Crippen molar-refractivity contribution >= 4 is 50.7 Å². The third-order valence-corrected chi connectivity index (χ3v) is 6.67. The monoisotopic (exact) mass is 493 g/mol. The number of nitrogens with one attached hydrogen (secondary N) is 1. The Labute approximate surface area is 195 Å². The molecule has 4 heterocycles. The van der Waals surface area contributed by atoms with Crippen LogP contribution >= 0.6 is 22.9 Å². The van der Waals surface area contributed by atoms with Crippen LogP contribution in [0, 0.1) is 13.8 Å². The highest BCUT2D eigenvalue weighted by Crippen LogP contribution is 2.42. The molecule has 0 aliphatic rings. The Balaban J connectivity index is 1.74. The van der Waals surface area contributed by atoms with Gasteiger partial charge in [0.1, 0.15) is 21.2 Å². The molecule has 0 spiro atoms. The molecule has 0 saturated heterocycles.